The van der Waals surface area contributed by atoms with Crippen molar-refractivity contribution in [2.75, 3.05) is 5.75 Å². The molecule has 0 unspecified atom stereocenters. The minimum absolute atomic E-state index is 0. The van der Waals surface area contributed by atoms with Gasteiger partial charge in [0, 0.05) is 0 Å². The molecule has 0 aliphatic carbocycles. The zero-order valence-electron chi connectivity index (χ0n) is 15.9. The molecular formula is C19H38NNaO4S. The van der Waals surface area contributed by atoms with Crippen LogP contribution in [0.15, 0.2) is 12.3 Å². The second kappa shape index (κ2) is 19.9. The fraction of sp³-hybridized carbons (Fsp3) is 0.842. The number of hydrogen-bond acceptors (Lipinski definition) is 5. The first-order chi connectivity index (χ1) is 12.0. The van der Waals surface area contributed by atoms with E-state index in [9.17, 15) is 13.2 Å². The van der Waals surface area contributed by atoms with Gasteiger partial charge in [0.05, 0.1) is 11.4 Å². The first-order valence-electron chi connectivity index (χ1n) is 9.83. The summed E-state index contributed by atoms with van der Waals surface area (Å²) in [5, 5.41) is 0. The molecule has 0 rings (SSSR count). The molecule has 0 saturated heterocycles. The Balaban J connectivity index is 0. The molecule has 0 aromatic carbocycles. The number of allylic oxidation sites excluding steroid dienone is 1. The van der Waals surface area contributed by atoms with Crippen LogP contribution in [0.2, 0.25) is 0 Å². The summed E-state index contributed by atoms with van der Waals surface area (Å²) in [5.74, 6) is -0.0375. The summed E-state index contributed by atoms with van der Waals surface area (Å²) in [6.07, 6.45) is 17.5. The quantitative estimate of drug-likeness (QED) is 0.115. The van der Waals surface area contributed by atoms with Crippen molar-refractivity contribution < 1.29 is 17.5 Å². The van der Waals surface area contributed by atoms with E-state index < -0.39 is 10.1 Å². The Kier molecular flexibility index (Phi) is 21.7. The predicted molar refractivity (Wildman–Crippen MR) is 111 cm³/mol. The van der Waals surface area contributed by atoms with E-state index >= 15 is 0 Å². The maximum atomic E-state index is 11.5. The summed E-state index contributed by atoms with van der Waals surface area (Å²) in [6, 6.07) is 0. The summed E-state index contributed by atoms with van der Waals surface area (Å²) in [6.45, 7) is 5.53. The predicted octanol–water partition coefficient (Wildman–Crippen LogP) is 4.38. The van der Waals surface area contributed by atoms with Crippen LogP contribution >= 0.6 is 0 Å². The van der Waals surface area contributed by atoms with Crippen molar-refractivity contribution in [2.45, 2.75) is 96.8 Å². The molecule has 0 spiro atoms. The molecule has 26 heavy (non-hydrogen) atoms. The minimum atomic E-state index is -3.63. The molecule has 0 aromatic heterocycles. The number of aldehydes is 1. The number of rotatable bonds is 19. The van der Waals surface area contributed by atoms with Gasteiger partial charge in [-0.2, -0.15) is 12.7 Å². The van der Waals surface area contributed by atoms with Crippen molar-refractivity contribution in [3.63, 3.8) is 0 Å². The third-order valence-electron chi connectivity index (χ3n) is 4.19. The molecule has 0 heterocycles. The second-order valence-electron chi connectivity index (χ2n) is 6.69. The van der Waals surface area contributed by atoms with Gasteiger partial charge in [0.15, 0.2) is 6.29 Å². The van der Waals surface area contributed by atoms with Crippen molar-refractivity contribution in [3.05, 3.63) is 12.3 Å². The normalized spacial score (nSPS) is 11.0. The van der Waals surface area contributed by atoms with Crippen molar-refractivity contribution in [3.8, 4) is 0 Å². The Morgan fingerprint density at radius 2 is 1.23 bits per heavy atom. The Morgan fingerprint density at radius 3 is 1.62 bits per heavy atom. The molecule has 0 bridgehead atoms. The van der Waals surface area contributed by atoms with Crippen LogP contribution in [0.3, 0.4) is 0 Å². The van der Waals surface area contributed by atoms with Gasteiger partial charge in [0.2, 0.25) is 0 Å². The van der Waals surface area contributed by atoms with Crippen molar-refractivity contribution in [1.82, 2.24) is 5.48 Å². The summed E-state index contributed by atoms with van der Waals surface area (Å²) >= 11 is 0. The Labute approximate surface area is 183 Å². The summed E-state index contributed by atoms with van der Waals surface area (Å²) in [4.78, 5) is 10.3. The second-order valence-corrected chi connectivity index (χ2v) is 8.38. The van der Waals surface area contributed by atoms with E-state index in [1.54, 1.807) is 0 Å². The molecule has 0 fully saturated rings. The van der Waals surface area contributed by atoms with Crippen LogP contribution in [0.5, 0.6) is 0 Å². The van der Waals surface area contributed by atoms with Gasteiger partial charge in [0.25, 0.3) is 10.1 Å². The van der Waals surface area contributed by atoms with Gasteiger partial charge in [-0.15, -0.1) is 0 Å². The molecule has 0 saturated carbocycles. The van der Waals surface area contributed by atoms with Crippen molar-refractivity contribution in [2.24, 2.45) is 0 Å². The van der Waals surface area contributed by atoms with Gasteiger partial charge in [-0.3, -0.25) is 4.79 Å². The molecule has 0 aliphatic rings. The molecule has 0 aliphatic heterocycles. The fourth-order valence-corrected chi connectivity index (χ4v) is 3.53. The van der Waals surface area contributed by atoms with Crippen molar-refractivity contribution in [1.29, 1.82) is 0 Å². The van der Waals surface area contributed by atoms with E-state index in [1.165, 1.54) is 64.2 Å². The summed E-state index contributed by atoms with van der Waals surface area (Å²) in [5.41, 5.74) is 1.91. The third kappa shape index (κ3) is 20.4. The molecule has 0 radical (unpaired) electrons. The summed E-state index contributed by atoms with van der Waals surface area (Å²) in [7, 11) is -3.63. The Morgan fingerprint density at radius 1 is 0.846 bits per heavy atom. The van der Waals surface area contributed by atoms with Gasteiger partial charge < -0.3 is 0 Å². The van der Waals surface area contributed by atoms with E-state index in [0.29, 0.717) is 12.7 Å². The number of carbonyl (C=O) groups excluding carboxylic acids is 1. The van der Waals surface area contributed by atoms with Crippen LogP contribution in [0.25, 0.3) is 0 Å². The number of hydroxylamine groups is 1. The number of carbonyl (C=O) groups is 1. The molecule has 150 valence electrons. The zero-order valence-corrected chi connectivity index (χ0v) is 16.7. The van der Waals surface area contributed by atoms with Crippen LogP contribution < -0.4 is 5.48 Å². The van der Waals surface area contributed by atoms with Crippen LogP contribution in [0.1, 0.15) is 96.8 Å². The molecule has 0 atom stereocenters. The van der Waals surface area contributed by atoms with E-state index in [1.807, 2.05) is 5.48 Å². The van der Waals surface area contributed by atoms with E-state index in [-0.39, 0.29) is 41.0 Å². The first kappa shape index (κ1) is 28.3. The average Bonchev–Trinajstić information content (AvgIpc) is 2.60. The number of nitrogens with one attached hydrogen (secondary N) is 1. The molecule has 1 N–H and O–H groups in total. The van der Waals surface area contributed by atoms with Crippen LogP contribution in [-0.2, 0) is 19.2 Å². The Bertz CT molecular complexity index is 441. The average molecular weight is 400 g/mol. The van der Waals surface area contributed by atoms with Gasteiger partial charge in [-0.25, -0.2) is 5.48 Å². The molecular weight excluding hydrogens is 361 g/mol. The van der Waals surface area contributed by atoms with Crippen LogP contribution in [-0.4, -0.2) is 50.0 Å². The number of unbranched alkanes of at least 4 members (excludes halogenated alkanes) is 13. The molecule has 0 amide bonds. The Hall–Kier alpha value is 0.120. The van der Waals surface area contributed by atoms with Crippen molar-refractivity contribution >= 4 is 46.0 Å². The van der Waals surface area contributed by atoms with Gasteiger partial charge in [-0.1, -0.05) is 97.0 Å². The molecule has 0 aromatic rings. The van der Waals surface area contributed by atoms with Crippen LogP contribution in [0, 0.1) is 0 Å². The standard InChI is InChI=1S/C19H37NO4S.Na.H/c1-3-4-5-6-7-8-9-10-11-12-13-14-15-16-17-25(22,23)24-20-19(2)18-21;;/h18,20H,2-17H2,1H3;;. The molecule has 7 heteroatoms. The van der Waals surface area contributed by atoms with E-state index in [0.717, 1.165) is 19.3 Å². The maximum absolute atomic E-state index is 11.5. The zero-order chi connectivity index (χ0) is 18.8. The third-order valence-corrected chi connectivity index (χ3v) is 5.32. The van der Waals surface area contributed by atoms with Gasteiger partial charge >= 0.3 is 29.6 Å². The number of hydrogen-bond donors (Lipinski definition) is 1. The summed E-state index contributed by atoms with van der Waals surface area (Å²) < 4.78 is 27.5. The van der Waals surface area contributed by atoms with Gasteiger partial charge in [-0.05, 0) is 6.42 Å². The van der Waals surface area contributed by atoms with E-state index in [2.05, 4.69) is 17.8 Å². The monoisotopic (exact) mass is 399 g/mol. The van der Waals surface area contributed by atoms with E-state index in [4.69, 9.17) is 0 Å². The van der Waals surface area contributed by atoms with Gasteiger partial charge in [0.1, 0.15) is 0 Å². The van der Waals surface area contributed by atoms with Crippen LogP contribution in [0.4, 0.5) is 0 Å². The fourth-order valence-electron chi connectivity index (χ4n) is 2.66. The molecule has 5 nitrogen and oxygen atoms in total. The topological polar surface area (TPSA) is 72.5 Å². The SMILES string of the molecule is C=C(C=O)NOS(=O)(=O)CCCCCCCCCCCCCCCC.[NaH]. The first-order valence-corrected chi connectivity index (χ1v) is 11.4.